The molecule has 0 spiro atoms. The molecule has 0 radical (unpaired) electrons. The summed E-state index contributed by atoms with van der Waals surface area (Å²) < 4.78 is 4.96. The molecule has 0 bridgehead atoms. The van der Waals surface area contributed by atoms with Crippen molar-refractivity contribution < 1.29 is 9.53 Å². The zero-order valence-corrected chi connectivity index (χ0v) is 13.1. The lowest BCUT2D eigenvalue weighted by Gasteiger charge is -2.17. The van der Waals surface area contributed by atoms with Gasteiger partial charge < -0.3 is 15.8 Å². The molecule has 0 saturated heterocycles. The summed E-state index contributed by atoms with van der Waals surface area (Å²) in [6.07, 6.45) is 0.933. The van der Waals surface area contributed by atoms with Crippen molar-refractivity contribution in [1.82, 2.24) is 0 Å². The van der Waals surface area contributed by atoms with E-state index < -0.39 is 0 Å². The van der Waals surface area contributed by atoms with E-state index in [-0.39, 0.29) is 12.0 Å². The normalized spacial score (nSPS) is 11.9. The third kappa shape index (κ3) is 4.23. The molecule has 4 nitrogen and oxygen atoms in total. The maximum Gasteiger partial charge on any atom is 0.338 e. The van der Waals surface area contributed by atoms with Gasteiger partial charge in [0.15, 0.2) is 0 Å². The van der Waals surface area contributed by atoms with E-state index in [9.17, 15) is 4.79 Å². The van der Waals surface area contributed by atoms with Crippen molar-refractivity contribution in [3.05, 3.63) is 46.2 Å². The molecule has 0 aliphatic carbocycles. The van der Waals surface area contributed by atoms with Crippen molar-refractivity contribution in [2.24, 2.45) is 0 Å². The molecule has 112 valence electrons. The van der Waals surface area contributed by atoms with Crippen LogP contribution in [0.2, 0.25) is 0 Å². The molecule has 0 saturated carbocycles. The molecule has 0 fully saturated rings. The topological polar surface area (TPSA) is 64.3 Å². The van der Waals surface area contributed by atoms with Crippen molar-refractivity contribution in [1.29, 1.82) is 0 Å². The summed E-state index contributed by atoms with van der Waals surface area (Å²) in [5.74, 6) is -0.345. The van der Waals surface area contributed by atoms with Gasteiger partial charge in [0.2, 0.25) is 0 Å². The first-order chi connectivity index (χ1) is 10.1. The van der Waals surface area contributed by atoms with Crippen LogP contribution >= 0.6 is 11.3 Å². The predicted molar refractivity (Wildman–Crippen MR) is 87.9 cm³/mol. The zero-order chi connectivity index (χ0) is 15.2. The van der Waals surface area contributed by atoms with Gasteiger partial charge in [0.25, 0.3) is 0 Å². The van der Waals surface area contributed by atoms with E-state index in [0.29, 0.717) is 17.9 Å². The lowest BCUT2D eigenvalue weighted by atomic mass is 10.1. The van der Waals surface area contributed by atoms with Gasteiger partial charge in [0.05, 0.1) is 23.5 Å². The van der Waals surface area contributed by atoms with Crippen LogP contribution in [-0.2, 0) is 11.2 Å². The van der Waals surface area contributed by atoms with Crippen molar-refractivity contribution in [2.75, 3.05) is 17.7 Å². The van der Waals surface area contributed by atoms with Gasteiger partial charge in [-0.25, -0.2) is 4.79 Å². The van der Waals surface area contributed by atoms with Crippen LogP contribution in [0.25, 0.3) is 0 Å². The van der Waals surface area contributed by atoms with Crippen molar-refractivity contribution >= 4 is 28.7 Å². The van der Waals surface area contributed by atoms with E-state index in [1.807, 2.05) is 6.07 Å². The fourth-order valence-electron chi connectivity index (χ4n) is 2.11. The average Bonchev–Trinajstić information content (AvgIpc) is 2.94. The second-order valence-corrected chi connectivity index (χ2v) is 5.68. The second kappa shape index (κ2) is 7.13. The Hall–Kier alpha value is -2.01. The Balaban J connectivity index is 2.02. The molecule has 0 aliphatic heterocycles. The molecule has 21 heavy (non-hydrogen) atoms. The van der Waals surface area contributed by atoms with Gasteiger partial charge in [-0.05, 0) is 60.9 Å². The molecular weight excluding hydrogens is 284 g/mol. The summed E-state index contributed by atoms with van der Waals surface area (Å²) in [4.78, 5) is 11.6. The first-order valence-electron chi connectivity index (χ1n) is 6.94. The van der Waals surface area contributed by atoms with Crippen molar-refractivity contribution in [2.45, 2.75) is 26.3 Å². The molecule has 1 unspecified atom stereocenters. The van der Waals surface area contributed by atoms with E-state index in [0.717, 1.165) is 12.1 Å². The number of hydrogen-bond donors (Lipinski definition) is 2. The first kappa shape index (κ1) is 15.4. The minimum Gasteiger partial charge on any atom is -0.462 e. The minimum absolute atomic E-state index is 0.260. The van der Waals surface area contributed by atoms with Crippen LogP contribution in [0.15, 0.2) is 35.0 Å². The average molecular weight is 304 g/mol. The maximum atomic E-state index is 11.6. The highest BCUT2D eigenvalue weighted by molar-refractivity contribution is 7.07. The van der Waals surface area contributed by atoms with Crippen LogP contribution in [0.3, 0.4) is 0 Å². The third-order valence-electron chi connectivity index (χ3n) is 3.09. The molecule has 3 N–H and O–H groups in total. The molecular formula is C16H20N2O2S. The molecule has 1 heterocycles. The lowest BCUT2D eigenvalue weighted by Crippen LogP contribution is -2.19. The van der Waals surface area contributed by atoms with Crippen molar-refractivity contribution in [3.63, 3.8) is 0 Å². The summed E-state index contributed by atoms with van der Waals surface area (Å²) in [6, 6.07) is 7.59. The number of carbonyl (C=O) groups is 1. The fourth-order valence-corrected chi connectivity index (χ4v) is 2.80. The summed E-state index contributed by atoms with van der Waals surface area (Å²) in [7, 11) is 0. The number of rotatable bonds is 6. The van der Waals surface area contributed by atoms with Crippen LogP contribution in [-0.4, -0.2) is 18.6 Å². The van der Waals surface area contributed by atoms with Gasteiger partial charge >= 0.3 is 5.97 Å². The predicted octanol–water partition coefficient (Wildman–Crippen LogP) is 3.55. The molecule has 0 amide bonds. The zero-order valence-electron chi connectivity index (χ0n) is 12.3. The smallest absolute Gasteiger partial charge is 0.338 e. The van der Waals surface area contributed by atoms with E-state index >= 15 is 0 Å². The highest BCUT2D eigenvalue weighted by Crippen LogP contribution is 2.22. The second-order valence-electron chi connectivity index (χ2n) is 4.90. The lowest BCUT2D eigenvalue weighted by molar-refractivity contribution is 0.0526. The quantitative estimate of drug-likeness (QED) is 0.633. The largest absolute Gasteiger partial charge is 0.462 e. The number of nitrogens with one attached hydrogen (secondary N) is 1. The monoisotopic (exact) mass is 304 g/mol. The van der Waals surface area contributed by atoms with Gasteiger partial charge in [-0.3, -0.25) is 0 Å². The Morgan fingerprint density at radius 2 is 2.24 bits per heavy atom. The highest BCUT2D eigenvalue weighted by atomic mass is 32.1. The van der Waals surface area contributed by atoms with Gasteiger partial charge in [0, 0.05) is 6.04 Å². The number of ether oxygens (including phenoxy) is 1. The van der Waals surface area contributed by atoms with Gasteiger partial charge in [-0.2, -0.15) is 11.3 Å². The van der Waals surface area contributed by atoms with Crippen LogP contribution in [0.1, 0.15) is 29.8 Å². The molecule has 5 heteroatoms. The number of carbonyl (C=O) groups excluding carboxylic acids is 1. The van der Waals surface area contributed by atoms with E-state index in [1.165, 1.54) is 5.56 Å². The van der Waals surface area contributed by atoms with Crippen LogP contribution < -0.4 is 11.1 Å². The van der Waals surface area contributed by atoms with Crippen LogP contribution in [0.4, 0.5) is 11.4 Å². The number of hydrogen-bond acceptors (Lipinski definition) is 5. The van der Waals surface area contributed by atoms with Gasteiger partial charge in [-0.1, -0.05) is 0 Å². The minimum atomic E-state index is -0.345. The Labute approximate surface area is 128 Å². The standard InChI is InChI=1S/C16H20N2O2S/c1-3-20-16(19)13-4-5-15(14(17)9-13)18-11(2)8-12-6-7-21-10-12/h4-7,9-11,18H,3,8,17H2,1-2H3. The third-order valence-corrected chi connectivity index (χ3v) is 3.82. The number of thiophene rings is 1. The number of esters is 1. The highest BCUT2D eigenvalue weighted by Gasteiger charge is 2.11. The number of anilines is 2. The summed E-state index contributed by atoms with van der Waals surface area (Å²) in [5, 5.41) is 7.59. The molecule has 0 aliphatic rings. The van der Waals surface area contributed by atoms with Gasteiger partial charge in [-0.15, -0.1) is 0 Å². The number of nitrogens with two attached hydrogens (primary N) is 1. The Bertz CT molecular complexity index is 596. The summed E-state index contributed by atoms with van der Waals surface area (Å²) in [5.41, 5.74) is 9.19. The van der Waals surface area contributed by atoms with Crippen LogP contribution in [0.5, 0.6) is 0 Å². The van der Waals surface area contributed by atoms with Crippen LogP contribution in [0, 0.1) is 0 Å². The number of nitrogen functional groups attached to an aromatic ring is 1. The van der Waals surface area contributed by atoms with E-state index in [4.69, 9.17) is 10.5 Å². The van der Waals surface area contributed by atoms with Gasteiger partial charge in [0.1, 0.15) is 0 Å². The Morgan fingerprint density at radius 1 is 1.43 bits per heavy atom. The van der Waals surface area contributed by atoms with E-state index in [2.05, 4.69) is 29.1 Å². The maximum absolute atomic E-state index is 11.6. The molecule has 1 aromatic heterocycles. The SMILES string of the molecule is CCOC(=O)c1ccc(NC(C)Cc2ccsc2)c(N)c1. The molecule has 2 rings (SSSR count). The summed E-state index contributed by atoms with van der Waals surface area (Å²) in [6.45, 7) is 4.25. The molecule has 2 aromatic rings. The Morgan fingerprint density at radius 3 is 2.86 bits per heavy atom. The molecule has 1 atom stereocenters. The fraction of sp³-hybridized carbons (Fsp3) is 0.312. The Kier molecular flexibility index (Phi) is 5.22. The molecule has 1 aromatic carbocycles. The summed E-state index contributed by atoms with van der Waals surface area (Å²) >= 11 is 1.70. The van der Waals surface area contributed by atoms with Crippen molar-refractivity contribution in [3.8, 4) is 0 Å². The van der Waals surface area contributed by atoms with E-state index in [1.54, 1.807) is 30.4 Å². The number of benzene rings is 1. The first-order valence-corrected chi connectivity index (χ1v) is 7.88.